The van der Waals surface area contributed by atoms with Crippen molar-refractivity contribution in [3.8, 4) is 11.1 Å². The first-order valence-electron chi connectivity index (χ1n) is 13.4. The standard InChI is InChI=1S/C29H41Cl2N4O5P/c1-18(2)34-26-14-22(23(31)16-33-26)20-13-24(32-15-20)27(36)35-25(19-10-9-11-21(30)12-19)17-38-41(37,39-28(3,4)5)40-29(6,7)8/h9-16,18,25,32,37,41H,17H2,1-8H3,(H,33,34)(H,35,36)/t25-/m1/s1. The van der Waals surface area contributed by atoms with Gasteiger partial charge in [0.15, 0.2) is 0 Å². The van der Waals surface area contributed by atoms with Gasteiger partial charge in [-0.1, -0.05) is 0 Å². The molecule has 1 atom stereocenters. The number of H-pyrrole nitrogens is 1. The first-order chi connectivity index (χ1) is 18.9. The summed E-state index contributed by atoms with van der Waals surface area (Å²) in [7, 11) is -4.14. The number of nitrogens with zero attached hydrogens (tertiary/aromatic N) is 1. The number of aromatic nitrogens is 2. The van der Waals surface area contributed by atoms with Crippen LogP contribution in [0.1, 0.15) is 77.5 Å². The normalized spacial score (nSPS) is 13.8. The van der Waals surface area contributed by atoms with Crippen LogP contribution in [0.5, 0.6) is 0 Å². The van der Waals surface area contributed by atoms with Crippen molar-refractivity contribution >= 4 is 43.1 Å². The van der Waals surface area contributed by atoms with Gasteiger partial charge >= 0.3 is 234 Å². The predicted molar refractivity (Wildman–Crippen MR) is 168 cm³/mol. The maximum absolute atomic E-state index is 13.4. The molecule has 3 rings (SSSR count). The van der Waals surface area contributed by atoms with E-state index in [-0.39, 0.29) is 12.6 Å². The van der Waals surface area contributed by atoms with E-state index in [1.165, 1.54) is 0 Å². The van der Waals surface area contributed by atoms with Gasteiger partial charge in [0.1, 0.15) is 0 Å². The summed E-state index contributed by atoms with van der Waals surface area (Å²) in [6.45, 7) is 14.7. The minimum atomic E-state index is -4.14. The number of anilines is 1. The molecule has 41 heavy (non-hydrogen) atoms. The van der Waals surface area contributed by atoms with E-state index in [1.807, 2.05) is 26.0 Å². The van der Waals surface area contributed by atoms with E-state index in [9.17, 15) is 9.69 Å². The Morgan fingerprint density at radius 3 is 2.32 bits per heavy atom. The molecule has 4 N–H and O–H groups in total. The average Bonchev–Trinajstić information content (AvgIpc) is 3.30. The van der Waals surface area contributed by atoms with Crippen molar-refractivity contribution in [1.29, 1.82) is 0 Å². The van der Waals surface area contributed by atoms with Gasteiger partial charge in [0, 0.05) is 6.04 Å². The monoisotopic (exact) mass is 626 g/mol. The van der Waals surface area contributed by atoms with Gasteiger partial charge in [-0.3, -0.25) is 0 Å². The maximum atomic E-state index is 13.4. The van der Waals surface area contributed by atoms with E-state index >= 15 is 0 Å². The predicted octanol–water partition coefficient (Wildman–Crippen LogP) is 7.72. The Hall–Kier alpha value is -2.23. The zero-order valence-electron chi connectivity index (χ0n) is 24.8. The molecule has 2 heterocycles. The Kier molecular flexibility index (Phi) is 10.9. The molecule has 1 amide bonds. The van der Waals surface area contributed by atoms with E-state index in [0.717, 1.165) is 11.1 Å². The van der Waals surface area contributed by atoms with Crippen LogP contribution in [0.25, 0.3) is 11.1 Å². The molecule has 226 valence electrons. The number of amides is 1. The first-order valence-corrected chi connectivity index (χ1v) is 15.8. The summed E-state index contributed by atoms with van der Waals surface area (Å²) in [4.78, 5) is 32.1. The summed E-state index contributed by atoms with van der Waals surface area (Å²) < 4.78 is 17.7. The quantitative estimate of drug-likeness (QED) is 0.161. The first kappa shape index (κ1) is 33.3. The summed E-state index contributed by atoms with van der Waals surface area (Å²) in [5.41, 5.74) is 0.971. The van der Waals surface area contributed by atoms with Crippen LogP contribution in [0.3, 0.4) is 0 Å². The van der Waals surface area contributed by atoms with Crippen LogP contribution < -0.4 is 10.6 Å². The van der Waals surface area contributed by atoms with Gasteiger partial charge in [0.2, 0.25) is 0 Å². The van der Waals surface area contributed by atoms with Gasteiger partial charge in [0.25, 0.3) is 0 Å². The fourth-order valence-electron chi connectivity index (χ4n) is 3.94. The second-order valence-corrected chi connectivity index (χ2v) is 14.6. The zero-order chi connectivity index (χ0) is 30.6. The number of carbonyl (C=O) groups is 1. The van der Waals surface area contributed by atoms with Gasteiger partial charge in [-0.15, -0.1) is 0 Å². The molecule has 0 radical (unpaired) electrons. The summed E-state index contributed by atoms with van der Waals surface area (Å²) in [6.07, 6.45) is 3.28. The number of hydrogen-bond donors (Lipinski definition) is 4. The van der Waals surface area contributed by atoms with E-state index in [0.29, 0.717) is 27.1 Å². The number of halogens is 2. The van der Waals surface area contributed by atoms with Crippen LogP contribution in [-0.2, 0) is 13.6 Å². The fraction of sp³-hybridized carbons (Fsp3) is 0.448. The Morgan fingerprint density at radius 2 is 1.73 bits per heavy atom. The van der Waals surface area contributed by atoms with Gasteiger partial charge in [-0.05, 0) is 13.8 Å². The number of nitrogens with one attached hydrogen (secondary N) is 3. The molecule has 0 spiro atoms. The molecule has 2 aromatic heterocycles. The number of rotatable bonds is 11. The van der Waals surface area contributed by atoms with Crippen molar-refractivity contribution in [2.45, 2.75) is 78.7 Å². The number of benzene rings is 1. The van der Waals surface area contributed by atoms with Crippen LogP contribution in [0, 0.1) is 0 Å². The summed E-state index contributed by atoms with van der Waals surface area (Å²) >= 11 is 12.7. The summed E-state index contributed by atoms with van der Waals surface area (Å²) in [6, 6.07) is 10.1. The molecule has 0 fully saturated rings. The molecule has 0 aliphatic carbocycles. The molecule has 1 aromatic carbocycles. The van der Waals surface area contributed by atoms with Gasteiger partial charge in [0.05, 0.1) is 0 Å². The number of hydrogen-bond acceptors (Lipinski definition) is 7. The molecule has 0 unspecified atom stereocenters. The molecular weight excluding hydrogens is 586 g/mol. The van der Waals surface area contributed by atoms with Gasteiger partial charge in [-0.25, -0.2) is 0 Å². The number of pyridine rings is 1. The van der Waals surface area contributed by atoms with Crippen LogP contribution in [0.4, 0.5) is 5.82 Å². The zero-order valence-corrected chi connectivity index (χ0v) is 27.3. The Labute approximate surface area is 253 Å². The molecule has 3 aromatic rings. The Bertz CT molecular complexity index is 1320. The van der Waals surface area contributed by atoms with E-state index in [2.05, 4.69) is 20.6 Å². The van der Waals surface area contributed by atoms with Gasteiger partial charge in [-0.2, -0.15) is 0 Å². The average molecular weight is 628 g/mol. The second-order valence-electron chi connectivity index (χ2n) is 12.0. The topological polar surface area (TPSA) is 118 Å². The molecule has 0 aliphatic rings. The number of carbonyl (C=O) groups excluding carboxylic acids is 1. The fourth-order valence-corrected chi connectivity index (χ4v) is 6.43. The van der Waals surface area contributed by atoms with Crippen molar-refractivity contribution in [2.24, 2.45) is 0 Å². The van der Waals surface area contributed by atoms with Crippen molar-refractivity contribution in [3.05, 3.63) is 70.1 Å². The Balaban J connectivity index is 1.86. The van der Waals surface area contributed by atoms with Crippen LogP contribution in [0.15, 0.2) is 48.8 Å². The molecule has 9 nitrogen and oxygen atoms in total. The van der Waals surface area contributed by atoms with Crippen LogP contribution >= 0.6 is 31.4 Å². The molecule has 0 saturated heterocycles. The van der Waals surface area contributed by atoms with E-state index < -0.39 is 31.3 Å². The van der Waals surface area contributed by atoms with Crippen LogP contribution in [-0.4, -0.2) is 44.6 Å². The third-order valence-electron chi connectivity index (χ3n) is 5.39. The summed E-state index contributed by atoms with van der Waals surface area (Å²) in [5, 5.41) is 7.18. The van der Waals surface area contributed by atoms with Crippen molar-refractivity contribution in [2.75, 3.05) is 11.9 Å². The molecule has 0 bridgehead atoms. The SMILES string of the molecule is CC(C)Nc1cc(-c2c[nH]c(C(=O)N[C@H](CO[PH](O)(OC(C)(C)C)OC(C)(C)C)c3cccc(Cl)c3)c2)c(Cl)cn1. The van der Waals surface area contributed by atoms with E-state index in [1.54, 1.807) is 78.2 Å². The van der Waals surface area contributed by atoms with Crippen LogP contribution in [0.2, 0.25) is 10.0 Å². The molecule has 0 saturated carbocycles. The summed E-state index contributed by atoms with van der Waals surface area (Å²) in [5.74, 6) is 0.283. The second kappa shape index (κ2) is 13.4. The molecular formula is C29H41Cl2N4O5P. The number of aromatic amines is 1. The molecule has 0 aliphatic heterocycles. The molecule has 12 heteroatoms. The Morgan fingerprint density at radius 1 is 1.07 bits per heavy atom. The third kappa shape index (κ3) is 10.5. The van der Waals surface area contributed by atoms with Crippen molar-refractivity contribution < 1.29 is 23.3 Å². The van der Waals surface area contributed by atoms with Crippen molar-refractivity contribution in [1.82, 2.24) is 15.3 Å². The minimum absolute atomic E-state index is 0.130. The van der Waals surface area contributed by atoms with Crippen molar-refractivity contribution in [3.63, 3.8) is 0 Å². The third-order valence-corrected chi connectivity index (χ3v) is 8.20. The van der Waals surface area contributed by atoms with E-state index in [4.69, 9.17) is 36.8 Å². The van der Waals surface area contributed by atoms with Gasteiger partial charge < -0.3 is 0 Å².